The van der Waals surface area contributed by atoms with Crippen LogP contribution >= 0.6 is 0 Å². The van der Waals surface area contributed by atoms with Crippen molar-refractivity contribution in [3.8, 4) is 0 Å². The Morgan fingerprint density at radius 2 is 2.05 bits per heavy atom. The predicted molar refractivity (Wildman–Crippen MR) is 73.3 cm³/mol. The van der Waals surface area contributed by atoms with Crippen molar-refractivity contribution >= 4 is 5.97 Å². The lowest BCUT2D eigenvalue weighted by Crippen LogP contribution is -2.40. The molecule has 1 unspecified atom stereocenters. The average molecular weight is 263 g/mol. The third kappa shape index (κ3) is 3.55. The number of hydrogen-bond acceptors (Lipinski definition) is 3. The van der Waals surface area contributed by atoms with Crippen molar-refractivity contribution in [2.24, 2.45) is 0 Å². The maximum atomic E-state index is 11.2. The highest BCUT2D eigenvalue weighted by Crippen LogP contribution is 2.28. The molecule has 0 bridgehead atoms. The average Bonchev–Trinajstić information content (AvgIpc) is 2.40. The van der Waals surface area contributed by atoms with Gasteiger partial charge in [-0.3, -0.25) is 9.69 Å². The minimum atomic E-state index is -0.752. The highest BCUT2D eigenvalue weighted by Gasteiger charge is 2.26. The van der Waals surface area contributed by atoms with Crippen LogP contribution in [0.4, 0.5) is 0 Å². The van der Waals surface area contributed by atoms with E-state index in [1.807, 2.05) is 13.8 Å². The Hall–Kier alpha value is -1.39. The summed E-state index contributed by atoms with van der Waals surface area (Å²) in [5.74, 6) is -0.752. The van der Waals surface area contributed by atoms with E-state index in [1.165, 1.54) is 5.56 Å². The zero-order chi connectivity index (χ0) is 13.8. The number of carbonyl (C=O) groups is 1. The van der Waals surface area contributed by atoms with Crippen molar-refractivity contribution < 1.29 is 14.6 Å². The summed E-state index contributed by atoms with van der Waals surface area (Å²) in [5.41, 5.74) is 3.46. The van der Waals surface area contributed by atoms with Crippen molar-refractivity contribution in [2.45, 2.75) is 26.3 Å². The van der Waals surface area contributed by atoms with Gasteiger partial charge in [-0.2, -0.15) is 0 Å². The largest absolute Gasteiger partial charge is 0.481 e. The molecule has 1 aliphatic heterocycles. The minimum Gasteiger partial charge on any atom is -0.481 e. The first-order valence-corrected chi connectivity index (χ1v) is 6.68. The maximum absolute atomic E-state index is 11.2. The van der Waals surface area contributed by atoms with E-state index in [2.05, 4.69) is 23.1 Å². The number of carboxylic acids is 1. The first kappa shape index (κ1) is 14.0. The second kappa shape index (κ2) is 6.17. The van der Waals surface area contributed by atoms with E-state index in [4.69, 9.17) is 4.74 Å². The van der Waals surface area contributed by atoms with Gasteiger partial charge in [0.1, 0.15) is 0 Å². The fourth-order valence-electron chi connectivity index (χ4n) is 2.61. The summed E-state index contributed by atoms with van der Waals surface area (Å²) in [7, 11) is 0. The van der Waals surface area contributed by atoms with Crippen molar-refractivity contribution in [3.63, 3.8) is 0 Å². The predicted octanol–water partition coefficient (Wildman–Crippen LogP) is 2.15. The Labute approximate surface area is 114 Å². The molecule has 0 amide bonds. The summed E-state index contributed by atoms with van der Waals surface area (Å²) in [6.07, 6.45) is 0.143. The van der Waals surface area contributed by atoms with Crippen LogP contribution in [0.15, 0.2) is 18.2 Å². The lowest BCUT2D eigenvalue weighted by molar-refractivity contribution is -0.139. The molecule has 0 saturated carbocycles. The molecule has 19 heavy (non-hydrogen) atoms. The van der Waals surface area contributed by atoms with Gasteiger partial charge < -0.3 is 9.84 Å². The quantitative estimate of drug-likeness (QED) is 0.904. The molecule has 1 aliphatic rings. The monoisotopic (exact) mass is 263 g/mol. The zero-order valence-corrected chi connectivity index (χ0v) is 11.6. The number of carboxylic acid groups (broad SMARTS) is 1. The highest BCUT2D eigenvalue weighted by molar-refractivity contribution is 5.68. The smallest absolute Gasteiger partial charge is 0.305 e. The second-order valence-corrected chi connectivity index (χ2v) is 5.12. The van der Waals surface area contributed by atoms with Gasteiger partial charge in [0.2, 0.25) is 0 Å². The standard InChI is InChI=1S/C15H21NO3/c1-11-3-4-12(2)13(9-11)14(10-15(17)18)16-5-7-19-8-6-16/h3-4,9,14H,5-8,10H2,1-2H3,(H,17,18). The SMILES string of the molecule is Cc1ccc(C)c(C(CC(=O)O)N2CCOCC2)c1. The van der Waals surface area contributed by atoms with Crippen molar-refractivity contribution in [1.29, 1.82) is 0 Å². The number of aliphatic carboxylic acids is 1. The topological polar surface area (TPSA) is 49.8 Å². The van der Waals surface area contributed by atoms with Gasteiger partial charge in [-0.15, -0.1) is 0 Å². The second-order valence-electron chi connectivity index (χ2n) is 5.12. The van der Waals surface area contributed by atoms with E-state index >= 15 is 0 Å². The van der Waals surface area contributed by atoms with Gasteiger partial charge in [0, 0.05) is 19.1 Å². The van der Waals surface area contributed by atoms with E-state index in [1.54, 1.807) is 0 Å². The molecule has 0 spiro atoms. The molecule has 1 saturated heterocycles. The Morgan fingerprint density at radius 3 is 2.68 bits per heavy atom. The van der Waals surface area contributed by atoms with E-state index < -0.39 is 5.97 Å². The third-order valence-electron chi connectivity index (χ3n) is 3.65. The van der Waals surface area contributed by atoms with Gasteiger partial charge in [-0.25, -0.2) is 0 Å². The molecule has 0 aliphatic carbocycles. The van der Waals surface area contributed by atoms with Gasteiger partial charge in [0.05, 0.1) is 19.6 Å². The van der Waals surface area contributed by atoms with Gasteiger partial charge in [0.25, 0.3) is 0 Å². The van der Waals surface area contributed by atoms with E-state index in [0.29, 0.717) is 13.2 Å². The molecule has 104 valence electrons. The summed E-state index contributed by atoms with van der Waals surface area (Å²) < 4.78 is 5.36. The Kier molecular flexibility index (Phi) is 4.56. The molecule has 4 heteroatoms. The van der Waals surface area contributed by atoms with Crippen molar-refractivity contribution in [3.05, 3.63) is 34.9 Å². The van der Waals surface area contributed by atoms with Crippen molar-refractivity contribution in [1.82, 2.24) is 4.90 Å². The van der Waals surface area contributed by atoms with Gasteiger partial charge in [-0.1, -0.05) is 23.8 Å². The van der Waals surface area contributed by atoms with Crippen LogP contribution in [0.5, 0.6) is 0 Å². The lowest BCUT2D eigenvalue weighted by atomic mass is 9.95. The van der Waals surface area contributed by atoms with E-state index in [9.17, 15) is 9.90 Å². The first-order valence-electron chi connectivity index (χ1n) is 6.68. The molecule has 4 nitrogen and oxygen atoms in total. The van der Waals surface area contributed by atoms with Gasteiger partial charge in [-0.05, 0) is 25.0 Å². The normalized spacial score (nSPS) is 18.2. The summed E-state index contributed by atoms with van der Waals surface area (Å²) in [4.78, 5) is 13.4. The Bertz CT molecular complexity index is 453. The van der Waals surface area contributed by atoms with Crippen LogP contribution in [0.25, 0.3) is 0 Å². The first-order chi connectivity index (χ1) is 9.08. The van der Waals surface area contributed by atoms with E-state index in [-0.39, 0.29) is 12.5 Å². The molecule has 1 atom stereocenters. The van der Waals surface area contributed by atoms with Crippen LogP contribution < -0.4 is 0 Å². The number of hydrogen-bond donors (Lipinski definition) is 1. The number of morpholine rings is 1. The molecule has 0 radical (unpaired) electrons. The van der Waals surface area contributed by atoms with Crippen LogP contribution in [0.1, 0.15) is 29.2 Å². The molecule has 1 fully saturated rings. The zero-order valence-electron chi connectivity index (χ0n) is 11.6. The molecule has 0 aromatic heterocycles. The number of aryl methyl sites for hydroxylation is 2. The molecular formula is C15H21NO3. The van der Waals surface area contributed by atoms with Crippen LogP contribution in [-0.4, -0.2) is 42.3 Å². The van der Waals surface area contributed by atoms with Crippen LogP contribution in [0.3, 0.4) is 0 Å². The highest BCUT2D eigenvalue weighted by atomic mass is 16.5. The van der Waals surface area contributed by atoms with Crippen LogP contribution in [0.2, 0.25) is 0 Å². The maximum Gasteiger partial charge on any atom is 0.305 e. The molecule has 2 rings (SSSR count). The molecule has 1 heterocycles. The Morgan fingerprint density at radius 1 is 1.37 bits per heavy atom. The van der Waals surface area contributed by atoms with Crippen LogP contribution in [-0.2, 0) is 9.53 Å². The summed E-state index contributed by atoms with van der Waals surface area (Å²) in [6, 6.07) is 6.19. The molecule has 1 aromatic rings. The van der Waals surface area contributed by atoms with Crippen LogP contribution in [0, 0.1) is 13.8 Å². The van der Waals surface area contributed by atoms with Gasteiger partial charge in [0.15, 0.2) is 0 Å². The minimum absolute atomic E-state index is 0.0544. The van der Waals surface area contributed by atoms with Gasteiger partial charge >= 0.3 is 5.97 Å². The fourth-order valence-corrected chi connectivity index (χ4v) is 2.61. The molecule has 1 aromatic carbocycles. The summed E-state index contributed by atoms with van der Waals surface area (Å²) in [5, 5.41) is 9.18. The molecular weight excluding hydrogens is 242 g/mol. The summed E-state index contributed by atoms with van der Waals surface area (Å²) in [6.45, 7) is 7.04. The lowest BCUT2D eigenvalue weighted by Gasteiger charge is -2.34. The fraction of sp³-hybridized carbons (Fsp3) is 0.533. The number of nitrogens with zero attached hydrogens (tertiary/aromatic N) is 1. The Balaban J connectivity index is 2.29. The van der Waals surface area contributed by atoms with E-state index in [0.717, 1.165) is 24.2 Å². The van der Waals surface area contributed by atoms with Crippen molar-refractivity contribution in [2.75, 3.05) is 26.3 Å². The number of benzene rings is 1. The third-order valence-corrected chi connectivity index (χ3v) is 3.65. The number of rotatable bonds is 4. The summed E-state index contributed by atoms with van der Waals surface area (Å²) >= 11 is 0. The molecule has 1 N–H and O–H groups in total. The number of ether oxygens (including phenoxy) is 1.